The first kappa shape index (κ1) is 15.4. The molecule has 1 saturated heterocycles. The Hall–Kier alpha value is -1.95. The Labute approximate surface area is 124 Å². The van der Waals surface area contributed by atoms with E-state index in [9.17, 15) is 9.90 Å². The Kier molecular flexibility index (Phi) is 4.00. The van der Waals surface area contributed by atoms with Gasteiger partial charge in [0.05, 0.1) is 0 Å². The Morgan fingerprint density at radius 1 is 1.38 bits per heavy atom. The molecule has 0 spiro atoms. The topological polar surface area (TPSA) is 79.8 Å². The van der Waals surface area contributed by atoms with Gasteiger partial charge in [-0.1, -0.05) is 0 Å². The summed E-state index contributed by atoms with van der Waals surface area (Å²) in [5.74, 6) is 0.380. The molecule has 3 N–H and O–H groups in total. The average Bonchev–Trinajstić information content (AvgIpc) is 2.29. The maximum atomic E-state index is 11.7. The molecule has 1 aliphatic heterocycles. The van der Waals surface area contributed by atoms with E-state index >= 15 is 0 Å². The standard InChI is InChI=1S/C15H22N2O4/c1-14(2,3)21-13(19)17-10-5-6-11(18)12(7-10)20-15(4)8-16-9-15/h5-7,16,18H,8-9H2,1-4H3,(H,17,19). The summed E-state index contributed by atoms with van der Waals surface area (Å²) >= 11 is 0. The summed E-state index contributed by atoms with van der Waals surface area (Å²) in [6.45, 7) is 8.77. The number of rotatable bonds is 3. The zero-order valence-electron chi connectivity index (χ0n) is 12.8. The highest BCUT2D eigenvalue weighted by atomic mass is 16.6. The molecule has 1 aliphatic rings. The Morgan fingerprint density at radius 3 is 2.57 bits per heavy atom. The third-order valence-electron chi connectivity index (χ3n) is 2.96. The van der Waals surface area contributed by atoms with Gasteiger partial charge >= 0.3 is 6.09 Å². The Balaban J connectivity index is 2.06. The monoisotopic (exact) mass is 294 g/mol. The maximum absolute atomic E-state index is 11.7. The van der Waals surface area contributed by atoms with Crippen LogP contribution in [0.3, 0.4) is 0 Å². The molecular formula is C15H22N2O4. The van der Waals surface area contributed by atoms with E-state index in [4.69, 9.17) is 9.47 Å². The van der Waals surface area contributed by atoms with Crippen LogP contribution < -0.4 is 15.4 Å². The number of anilines is 1. The molecule has 6 heteroatoms. The molecule has 1 aromatic rings. The van der Waals surface area contributed by atoms with Gasteiger partial charge in [0.2, 0.25) is 0 Å². The van der Waals surface area contributed by atoms with Crippen LogP contribution in [-0.4, -0.2) is 35.5 Å². The Bertz CT molecular complexity index is 533. The first-order valence-corrected chi connectivity index (χ1v) is 6.90. The van der Waals surface area contributed by atoms with Crippen LogP contribution in [0.5, 0.6) is 11.5 Å². The van der Waals surface area contributed by atoms with Crippen LogP contribution in [0.1, 0.15) is 27.7 Å². The molecule has 2 rings (SSSR count). The third kappa shape index (κ3) is 4.26. The van der Waals surface area contributed by atoms with E-state index in [1.54, 1.807) is 32.9 Å². The molecule has 21 heavy (non-hydrogen) atoms. The molecule has 1 heterocycles. The lowest BCUT2D eigenvalue weighted by Gasteiger charge is -2.39. The quantitative estimate of drug-likeness (QED) is 0.746. The molecule has 0 bridgehead atoms. The molecule has 0 atom stereocenters. The van der Waals surface area contributed by atoms with Gasteiger partial charge in [-0.3, -0.25) is 5.32 Å². The van der Waals surface area contributed by atoms with Crippen LogP contribution >= 0.6 is 0 Å². The number of carbonyl (C=O) groups is 1. The number of nitrogens with one attached hydrogen (secondary N) is 2. The van der Waals surface area contributed by atoms with Crippen molar-refractivity contribution in [2.24, 2.45) is 0 Å². The van der Waals surface area contributed by atoms with E-state index < -0.39 is 11.7 Å². The largest absolute Gasteiger partial charge is 0.504 e. The highest BCUT2D eigenvalue weighted by Gasteiger charge is 2.34. The lowest BCUT2D eigenvalue weighted by atomic mass is 10.00. The summed E-state index contributed by atoms with van der Waals surface area (Å²) < 4.78 is 11.0. The molecule has 116 valence electrons. The number of hydrogen-bond donors (Lipinski definition) is 3. The smallest absolute Gasteiger partial charge is 0.412 e. The van der Waals surface area contributed by atoms with E-state index in [1.165, 1.54) is 6.07 Å². The van der Waals surface area contributed by atoms with Crippen LogP contribution in [0.15, 0.2) is 18.2 Å². The first-order chi connectivity index (χ1) is 9.67. The van der Waals surface area contributed by atoms with Gasteiger partial charge in [-0.25, -0.2) is 4.79 Å². The summed E-state index contributed by atoms with van der Waals surface area (Å²) in [5, 5.41) is 15.6. The molecule has 0 unspecified atom stereocenters. The molecule has 1 amide bonds. The normalized spacial score (nSPS) is 16.8. The van der Waals surface area contributed by atoms with Crippen molar-refractivity contribution < 1.29 is 19.4 Å². The number of ether oxygens (including phenoxy) is 2. The first-order valence-electron chi connectivity index (χ1n) is 6.90. The molecule has 0 radical (unpaired) electrons. The SMILES string of the molecule is CC(C)(C)OC(=O)Nc1ccc(O)c(OC2(C)CNC2)c1. The molecular weight excluding hydrogens is 272 g/mol. The fraction of sp³-hybridized carbons (Fsp3) is 0.533. The van der Waals surface area contributed by atoms with Crippen molar-refractivity contribution in [1.82, 2.24) is 5.32 Å². The maximum Gasteiger partial charge on any atom is 0.412 e. The zero-order chi connectivity index (χ0) is 15.7. The summed E-state index contributed by atoms with van der Waals surface area (Å²) in [6, 6.07) is 4.66. The van der Waals surface area contributed by atoms with E-state index in [0.717, 1.165) is 13.1 Å². The van der Waals surface area contributed by atoms with Crippen molar-refractivity contribution >= 4 is 11.8 Å². The van der Waals surface area contributed by atoms with Gasteiger partial charge < -0.3 is 19.9 Å². The van der Waals surface area contributed by atoms with Crippen LogP contribution in [0.2, 0.25) is 0 Å². The predicted molar refractivity (Wildman–Crippen MR) is 79.9 cm³/mol. The minimum Gasteiger partial charge on any atom is -0.504 e. The highest BCUT2D eigenvalue weighted by Crippen LogP contribution is 2.33. The van der Waals surface area contributed by atoms with E-state index in [1.807, 2.05) is 6.92 Å². The van der Waals surface area contributed by atoms with Crippen LogP contribution in [0, 0.1) is 0 Å². The molecule has 0 aliphatic carbocycles. The molecule has 1 fully saturated rings. The zero-order valence-corrected chi connectivity index (χ0v) is 12.8. The number of phenolic OH excluding ortho intramolecular Hbond substituents is 1. The van der Waals surface area contributed by atoms with Crippen LogP contribution in [0.25, 0.3) is 0 Å². The predicted octanol–water partition coefficient (Wildman–Crippen LogP) is 2.48. The molecule has 6 nitrogen and oxygen atoms in total. The second-order valence-electron chi connectivity index (χ2n) is 6.46. The van der Waals surface area contributed by atoms with Gasteiger partial charge in [0, 0.05) is 24.8 Å². The minimum atomic E-state index is -0.564. The summed E-state index contributed by atoms with van der Waals surface area (Å²) in [5.41, 5.74) is -0.388. The van der Waals surface area contributed by atoms with Crippen molar-refractivity contribution in [3.8, 4) is 11.5 Å². The van der Waals surface area contributed by atoms with Crippen molar-refractivity contribution in [2.45, 2.75) is 38.9 Å². The number of phenols is 1. The second kappa shape index (κ2) is 5.44. The summed E-state index contributed by atoms with van der Waals surface area (Å²) in [4.78, 5) is 11.7. The fourth-order valence-electron chi connectivity index (χ4n) is 1.91. The Morgan fingerprint density at radius 2 is 2.05 bits per heavy atom. The highest BCUT2D eigenvalue weighted by molar-refractivity contribution is 5.85. The number of amides is 1. The number of aromatic hydroxyl groups is 1. The van der Waals surface area contributed by atoms with Crippen LogP contribution in [0.4, 0.5) is 10.5 Å². The number of benzene rings is 1. The molecule has 0 saturated carbocycles. The average molecular weight is 294 g/mol. The summed E-state index contributed by atoms with van der Waals surface area (Å²) in [6.07, 6.45) is -0.546. The van der Waals surface area contributed by atoms with Gasteiger partial charge in [-0.2, -0.15) is 0 Å². The van der Waals surface area contributed by atoms with E-state index in [0.29, 0.717) is 11.4 Å². The third-order valence-corrected chi connectivity index (χ3v) is 2.96. The van der Waals surface area contributed by atoms with E-state index in [2.05, 4.69) is 10.6 Å². The van der Waals surface area contributed by atoms with Crippen molar-refractivity contribution in [3.05, 3.63) is 18.2 Å². The molecule has 0 aromatic heterocycles. The van der Waals surface area contributed by atoms with E-state index in [-0.39, 0.29) is 11.4 Å². The lowest BCUT2D eigenvalue weighted by molar-refractivity contribution is 0.0325. The van der Waals surface area contributed by atoms with Gasteiger partial charge in [0.15, 0.2) is 11.5 Å². The van der Waals surface area contributed by atoms with Gasteiger partial charge in [-0.15, -0.1) is 0 Å². The fourth-order valence-corrected chi connectivity index (χ4v) is 1.91. The van der Waals surface area contributed by atoms with Crippen molar-refractivity contribution in [1.29, 1.82) is 0 Å². The number of hydrogen-bond acceptors (Lipinski definition) is 5. The van der Waals surface area contributed by atoms with Gasteiger partial charge in [0.1, 0.15) is 11.2 Å². The van der Waals surface area contributed by atoms with Crippen molar-refractivity contribution in [3.63, 3.8) is 0 Å². The van der Waals surface area contributed by atoms with Gasteiger partial charge in [-0.05, 0) is 39.8 Å². The van der Waals surface area contributed by atoms with Gasteiger partial charge in [0.25, 0.3) is 0 Å². The second-order valence-corrected chi connectivity index (χ2v) is 6.46. The number of carbonyl (C=O) groups excluding carboxylic acids is 1. The minimum absolute atomic E-state index is 0.0397. The summed E-state index contributed by atoms with van der Waals surface area (Å²) in [7, 11) is 0. The van der Waals surface area contributed by atoms with Crippen LogP contribution in [-0.2, 0) is 4.74 Å². The van der Waals surface area contributed by atoms with Crippen molar-refractivity contribution in [2.75, 3.05) is 18.4 Å². The molecule has 1 aromatic carbocycles. The lowest BCUT2D eigenvalue weighted by Crippen LogP contribution is -2.61.